The van der Waals surface area contributed by atoms with E-state index >= 15 is 0 Å². The Morgan fingerprint density at radius 2 is 2.12 bits per heavy atom. The Hall–Kier alpha value is -2.10. The second kappa shape index (κ2) is 6.80. The maximum atomic E-state index is 14.7. The van der Waals surface area contributed by atoms with E-state index in [-0.39, 0.29) is 16.5 Å². The molecule has 10 heteroatoms. The van der Waals surface area contributed by atoms with Crippen molar-refractivity contribution in [3.8, 4) is 21.8 Å². The molecule has 0 radical (unpaired) electrons. The highest BCUT2D eigenvalue weighted by atomic mass is 79.9. The van der Waals surface area contributed by atoms with E-state index in [9.17, 15) is 9.18 Å². The largest absolute Gasteiger partial charge is 0.465 e. The van der Waals surface area contributed by atoms with Crippen LogP contribution in [0.3, 0.4) is 0 Å². The number of anilines is 1. The molecule has 3 aromatic rings. The Kier molecular flexibility index (Phi) is 4.74. The van der Waals surface area contributed by atoms with Crippen molar-refractivity contribution in [1.82, 2.24) is 15.0 Å². The van der Waals surface area contributed by atoms with E-state index in [0.717, 1.165) is 0 Å². The van der Waals surface area contributed by atoms with E-state index in [0.29, 0.717) is 20.2 Å². The number of aromatic nitrogens is 3. The van der Waals surface area contributed by atoms with Gasteiger partial charge in [0.1, 0.15) is 0 Å². The number of carboxylic acid groups (broad SMARTS) is 1. The van der Waals surface area contributed by atoms with Crippen molar-refractivity contribution in [2.45, 2.75) is 0 Å². The van der Waals surface area contributed by atoms with Gasteiger partial charge >= 0.3 is 6.09 Å². The molecule has 1 amide bonds. The number of amides is 1. The molecule has 0 atom stereocenters. The second-order valence-electron chi connectivity index (χ2n) is 4.45. The lowest BCUT2D eigenvalue weighted by Crippen LogP contribution is -2.09. The van der Waals surface area contributed by atoms with Crippen LogP contribution >= 0.6 is 38.9 Å². The van der Waals surface area contributed by atoms with Crippen LogP contribution in [-0.2, 0) is 0 Å². The molecule has 0 bridgehead atoms. The lowest BCUT2D eigenvalue weighted by Gasteiger charge is -2.08. The van der Waals surface area contributed by atoms with Crippen LogP contribution in [0.2, 0.25) is 5.28 Å². The number of carbonyl (C=O) groups is 1. The molecule has 2 N–H and O–H groups in total. The van der Waals surface area contributed by atoms with E-state index in [2.05, 4.69) is 30.9 Å². The zero-order valence-corrected chi connectivity index (χ0v) is 14.8. The van der Waals surface area contributed by atoms with Crippen molar-refractivity contribution in [3.63, 3.8) is 0 Å². The summed E-state index contributed by atoms with van der Waals surface area (Å²) in [6, 6.07) is 6.01. The first-order valence-electron chi connectivity index (χ1n) is 6.40. The van der Waals surface area contributed by atoms with Gasteiger partial charge in [0.05, 0.1) is 22.0 Å². The van der Waals surface area contributed by atoms with Crippen LogP contribution < -0.4 is 5.32 Å². The molecule has 1 aromatic carbocycles. The van der Waals surface area contributed by atoms with E-state index in [1.165, 1.54) is 35.7 Å². The Bertz CT molecular complexity index is 937. The SMILES string of the molecule is O=C(O)Nc1cccc(-c2nc(Br)sc2-c2ccnc(Cl)n2)c1F. The van der Waals surface area contributed by atoms with Gasteiger partial charge in [-0.25, -0.2) is 24.1 Å². The minimum Gasteiger partial charge on any atom is -0.465 e. The standard InChI is InChI=1S/C14H7BrClFN4O2S/c15-12-21-10(11(24-12)8-4-5-18-13(16)19-8)6-2-1-3-7(9(6)17)20-14(22)23/h1-5,20H,(H,22,23). The summed E-state index contributed by atoms with van der Waals surface area (Å²) >= 11 is 10.3. The highest BCUT2D eigenvalue weighted by molar-refractivity contribution is 9.11. The number of thiazole rings is 1. The van der Waals surface area contributed by atoms with E-state index in [1.54, 1.807) is 6.07 Å². The molecule has 24 heavy (non-hydrogen) atoms. The van der Waals surface area contributed by atoms with Crippen LogP contribution in [0.25, 0.3) is 21.8 Å². The molecule has 0 saturated heterocycles. The van der Waals surface area contributed by atoms with Crippen LogP contribution in [0.5, 0.6) is 0 Å². The first-order valence-corrected chi connectivity index (χ1v) is 8.38. The van der Waals surface area contributed by atoms with E-state index in [4.69, 9.17) is 16.7 Å². The predicted molar refractivity (Wildman–Crippen MR) is 92.9 cm³/mol. The van der Waals surface area contributed by atoms with Gasteiger partial charge in [-0.15, -0.1) is 11.3 Å². The number of hydrogen-bond donors (Lipinski definition) is 2. The second-order valence-corrected chi connectivity index (χ2v) is 7.07. The van der Waals surface area contributed by atoms with Crippen LogP contribution in [0.15, 0.2) is 34.4 Å². The highest BCUT2D eigenvalue weighted by Gasteiger charge is 2.20. The van der Waals surface area contributed by atoms with Gasteiger partial charge in [0.15, 0.2) is 9.73 Å². The van der Waals surface area contributed by atoms with Gasteiger partial charge in [0, 0.05) is 11.8 Å². The van der Waals surface area contributed by atoms with Gasteiger partial charge in [-0.3, -0.25) is 5.32 Å². The molecule has 0 fully saturated rings. The minimum absolute atomic E-state index is 0.0599. The maximum Gasteiger partial charge on any atom is 0.409 e. The van der Waals surface area contributed by atoms with E-state index in [1.807, 2.05) is 5.32 Å². The first kappa shape index (κ1) is 16.7. The lowest BCUT2D eigenvalue weighted by atomic mass is 10.1. The fraction of sp³-hybridized carbons (Fsp3) is 0. The van der Waals surface area contributed by atoms with Gasteiger partial charge in [0.2, 0.25) is 5.28 Å². The number of hydrogen-bond acceptors (Lipinski definition) is 5. The molecular formula is C14H7BrClFN4O2S. The third-order valence-corrected chi connectivity index (χ3v) is 4.67. The normalized spacial score (nSPS) is 10.6. The van der Waals surface area contributed by atoms with Gasteiger partial charge in [-0.2, -0.15) is 0 Å². The molecule has 0 aliphatic carbocycles. The quantitative estimate of drug-likeness (QED) is 0.577. The molecule has 0 unspecified atom stereocenters. The van der Waals surface area contributed by atoms with Crippen molar-refractivity contribution in [3.05, 3.63) is 45.5 Å². The Balaban J connectivity index is 2.16. The third kappa shape index (κ3) is 3.37. The molecule has 122 valence electrons. The van der Waals surface area contributed by atoms with Crippen LogP contribution in [0.1, 0.15) is 0 Å². The van der Waals surface area contributed by atoms with Gasteiger partial charge in [-0.05, 0) is 45.7 Å². The van der Waals surface area contributed by atoms with Gasteiger partial charge in [-0.1, -0.05) is 6.07 Å². The maximum absolute atomic E-state index is 14.7. The van der Waals surface area contributed by atoms with Crippen molar-refractivity contribution < 1.29 is 14.3 Å². The number of nitrogens with zero attached hydrogens (tertiary/aromatic N) is 3. The van der Waals surface area contributed by atoms with E-state index < -0.39 is 11.9 Å². The van der Waals surface area contributed by atoms with Crippen LogP contribution in [-0.4, -0.2) is 26.2 Å². The smallest absolute Gasteiger partial charge is 0.409 e. The zero-order chi connectivity index (χ0) is 17.3. The Morgan fingerprint density at radius 1 is 1.33 bits per heavy atom. The van der Waals surface area contributed by atoms with Gasteiger partial charge in [0.25, 0.3) is 0 Å². The molecule has 3 rings (SSSR count). The van der Waals surface area contributed by atoms with Crippen molar-refractivity contribution in [1.29, 1.82) is 0 Å². The molecule has 6 nitrogen and oxygen atoms in total. The van der Waals surface area contributed by atoms with Crippen LogP contribution in [0, 0.1) is 5.82 Å². The molecule has 0 spiro atoms. The fourth-order valence-electron chi connectivity index (χ4n) is 2.04. The van der Waals surface area contributed by atoms with Crippen molar-refractivity contribution in [2.24, 2.45) is 0 Å². The minimum atomic E-state index is -1.35. The molecule has 0 aliphatic heterocycles. The summed E-state index contributed by atoms with van der Waals surface area (Å²) in [4.78, 5) is 23.6. The number of benzene rings is 1. The fourth-order valence-corrected chi connectivity index (χ4v) is 3.62. The average molecular weight is 430 g/mol. The van der Waals surface area contributed by atoms with Crippen molar-refractivity contribution >= 4 is 50.6 Å². The summed E-state index contributed by atoms with van der Waals surface area (Å²) in [7, 11) is 0. The number of rotatable bonds is 3. The predicted octanol–water partition coefficient (Wildman–Crippen LogP) is 4.91. The molecule has 2 heterocycles. The van der Waals surface area contributed by atoms with Crippen LogP contribution in [0.4, 0.5) is 14.9 Å². The summed E-state index contributed by atoms with van der Waals surface area (Å²) in [5.74, 6) is -0.723. The summed E-state index contributed by atoms with van der Waals surface area (Å²) in [6.07, 6.45) is 0.134. The third-order valence-electron chi connectivity index (χ3n) is 2.96. The summed E-state index contributed by atoms with van der Waals surface area (Å²) in [5.41, 5.74) is 0.807. The van der Waals surface area contributed by atoms with Crippen molar-refractivity contribution in [2.75, 3.05) is 5.32 Å². The topological polar surface area (TPSA) is 88.0 Å². The monoisotopic (exact) mass is 428 g/mol. The Morgan fingerprint density at radius 3 is 2.83 bits per heavy atom. The highest BCUT2D eigenvalue weighted by Crippen LogP contribution is 2.40. The molecule has 0 aliphatic rings. The summed E-state index contributed by atoms with van der Waals surface area (Å²) < 4.78 is 15.2. The summed E-state index contributed by atoms with van der Waals surface area (Å²) in [6.45, 7) is 0. The molecule has 2 aromatic heterocycles. The molecular weight excluding hydrogens is 423 g/mol. The lowest BCUT2D eigenvalue weighted by molar-refractivity contribution is 0.209. The number of nitrogens with one attached hydrogen (secondary N) is 1. The number of halogens is 3. The zero-order valence-electron chi connectivity index (χ0n) is 11.6. The summed E-state index contributed by atoms with van der Waals surface area (Å²) in [5, 5.41) is 10.9. The Labute approximate surface area is 152 Å². The average Bonchev–Trinajstić information content (AvgIpc) is 2.91. The molecule has 0 saturated carbocycles. The first-order chi connectivity index (χ1) is 11.5. The van der Waals surface area contributed by atoms with Gasteiger partial charge < -0.3 is 5.11 Å².